The summed E-state index contributed by atoms with van der Waals surface area (Å²) in [6.45, 7) is 4.32. The maximum Gasteiger partial charge on any atom is 0.426 e. The number of carbonyl (C=O) groups is 1. The second-order valence-electron chi connectivity index (χ2n) is 3.17. The van der Waals surface area contributed by atoms with E-state index in [9.17, 15) is 4.79 Å². The van der Waals surface area contributed by atoms with Crippen LogP contribution in [-0.4, -0.2) is 12.6 Å². The molecular weight excluding hydrogens is 192 g/mol. The van der Waals surface area contributed by atoms with E-state index in [0.717, 1.165) is 5.56 Å². The van der Waals surface area contributed by atoms with Gasteiger partial charge >= 0.3 is 6.09 Å². The third kappa shape index (κ3) is 3.99. The van der Waals surface area contributed by atoms with Crippen LogP contribution in [0.25, 0.3) is 0 Å². The zero-order valence-electron chi connectivity index (χ0n) is 8.99. The molecule has 1 aromatic carbocycles. The first-order valence-electron chi connectivity index (χ1n) is 4.99. The summed E-state index contributed by atoms with van der Waals surface area (Å²) >= 11 is 0. The quantitative estimate of drug-likeness (QED) is 0.744. The maximum atomic E-state index is 11.0. The summed E-state index contributed by atoms with van der Waals surface area (Å²) in [5.74, 6) is 0. The predicted molar refractivity (Wildman–Crippen MR) is 58.2 cm³/mol. The van der Waals surface area contributed by atoms with Crippen molar-refractivity contribution in [3.05, 3.63) is 35.9 Å². The van der Waals surface area contributed by atoms with E-state index in [1.165, 1.54) is 0 Å². The predicted octanol–water partition coefficient (Wildman–Crippen LogP) is 2.00. The van der Waals surface area contributed by atoms with Gasteiger partial charge in [0.1, 0.15) is 0 Å². The summed E-state index contributed by atoms with van der Waals surface area (Å²) in [5.41, 5.74) is 3.74. The van der Waals surface area contributed by atoms with Gasteiger partial charge in [0.25, 0.3) is 0 Å². The molecule has 0 radical (unpaired) electrons. The molecule has 4 nitrogen and oxygen atoms in total. The lowest BCUT2D eigenvalue weighted by Crippen LogP contribution is -2.31. The first-order valence-corrected chi connectivity index (χ1v) is 4.99. The van der Waals surface area contributed by atoms with Crippen LogP contribution in [0, 0.1) is 0 Å². The van der Waals surface area contributed by atoms with Gasteiger partial charge in [0.05, 0.1) is 6.04 Å². The fraction of sp³-hybridized carbons (Fsp3) is 0.364. The number of nitrogens with one attached hydrogen (secondary N) is 2. The molecule has 0 bridgehead atoms. The monoisotopic (exact) mass is 208 g/mol. The number of benzene rings is 1. The fourth-order valence-electron chi connectivity index (χ4n) is 1.13. The van der Waals surface area contributed by atoms with Gasteiger partial charge in [0.15, 0.2) is 0 Å². The highest BCUT2D eigenvalue weighted by atomic mass is 16.7. The maximum absolute atomic E-state index is 11.0. The minimum absolute atomic E-state index is 0.0196. The van der Waals surface area contributed by atoms with Crippen molar-refractivity contribution in [2.45, 2.75) is 19.9 Å². The normalized spacial score (nSPS) is 11.9. The lowest BCUT2D eigenvalue weighted by molar-refractivity contribution is 0.0723. The molecule has 15 heavy (non-hydrogen) atoms. The van der Waals surface area contributed by atoms with Crippen molar-refractivity contribution < 1.29 is 9.63 Å². The van der Waals surface area contributed by atoms with Gasteiger partial charge in [-0.15, -0.1) is 5.48 Å². The minimum atomic E-state index is -0.458. The van der Waals surface area contributed by atoms with E-state index in [-0.39, 0.29) is 6.04 Å². The smallest absolute Gasteiger partial charge is 0.353 e. The molecule has 0 aliphatic carbocycles. The third-order valence-corrected chi connectivity index (χ3v) is 1.95. The van der Waals surface area contributed by atoms with Crippen molar-refractivity contribution in [2.75, 3.05) is 6.54 Å². The number of amides is 1. The number of hydroxylamine groups is 1. The van der Waals surface area contributed by atoms with Gasteiger partial charge in [0.2, 0.25) is 0 Å². The van der Waals surface area contributed by atoms with E-state index in [0.29, 0.717) is 6.54 Å². The summed E-state index contributed by atoms with van der Waals surface area (Å²) in [6, 6.07) is 9.76. The molecule has 0 spiro atoms. The van der Waals surface area contributed by atoms with E-state index >= 15 is 0 Å². The summed E-state index contributed by atoms with van der Waals surface area (Å²) in [5, 5.41) is 2.53. The topological polar surface area (TPSA) is 50.4 Å². The van der Waals surface area contributed by atoms with Gasteiger partial charge in [-0.25, -0.2) is 4.79 Å². The Balaban J connectivity index is 2.37. The van der Waals surface area contributed by atoms with E-state index < -0.39 is 6.09 Å². The molecular formula is C11H16N2O2. The van der Waals surface area contributed by atoms with Gasteiger partial charge in [0, 0.05) is 6.54 Å². The Hall–Kier alpha value is -1.55. The Morgan fingerprint density at radius 1 is 1.40 bits per heavy atom. The third-order valence-electron chi connectivity index (χ3n) is 1.95. The molecule has 0 heterocycles. The summed E-state index contributed by atoms with van der Waals surface area (Å²) in [6.07, 6.45) is -0.458. The second kappa shape index (κ2) is 6.03. The molecule has 1 unspecified atom stereocenters. The van der Waals surface area contributed by atoms with E-state index in [4.69, 9.17) is 4.84 Å². The highest BCUT2D eigenvalue weighted by Gasteiger charge is 2.06. The van der Waals surface area contributed by atoms with Crippen molar-refractivity contribution in [3.8, 4) is 0 Å². The number of rotatable bonds is 4. The standard InChI is InChI=1S/C11H16N2O2/c1-3-12-11(14)15-13-9(2)10-7-5-4-6-8-10/h4-9,13H,3H2,1-2H3,(H,12,14). The Morgan fingerprint density at radius 2 is 2.07 bits per heavy atom. The van der Waals surface area contributed by atoms with Gasteiger partial charge in [-0.3, -0.25) is 0 Å². The van der Waals surface area contributed by atoms with Crippen LogP contribution in [0.15, 0.2) is 30.3 Å². The Labute approximate surface area is 89.6 Å². The average Bonchev–Trinajstić information content (AvgIpc) is 2.27. The molecule has 1 aromatic rings. The first kappa shape index (κ1) is 11.5. The van der Waals surface area contributed by atoms with Gasteiger partial charge < -0.3 is 10.2 Å². The van der Waals surface area contributed by atoms with Crippen molar-refractivity contribution in [3.63, 3.8) is 0 Å². The molecule has 1 amide bonds. The van der Waals surface area contributed by atoms with Gasteiger partial charge in [-0.2, -0.15) is 0 Å². The molecule has 1 atom stereocenters. The molecule has 0 fully saturated rings. The number of carbonyl (C=O) groups excluding carboxylic acids is 1. The van der Waals surface area contributed by atoms with Gasteiger partial charge in [-0.05, 0) is 19.4 Å². The summed E-state index contributed by atoms with van der Waals surface area (Å²) < 4.78 is 0. The van der Waals surface area contributed by atoms with E-state index in [1.54, 1.807) is 0 Å². The summed E-state index contributed by atoms with van der Waals surface area (Å²) in [7, 11) is 0. The van der Waals surface area contributed by atoms with Crippen LogP contribution >= 0.6 is 0 Å². The molecule has 4 heteroatoms. The summed E-state index contributed by atoms with van der Waals surface area (Å²) in [4.78, 5) is 15.8. The van der Waals surface area contributed by atoms with Crippen LogP contribution in [-0.2, 0) is 4.84 Å². The Bertz CT molecular complexity index is 301. The molecule has 1 rings (SSSR count). The minimum Gasteiger partial charge on any atom is -0.353 e. The van der Waals surface area contributed by atoms with Crippen LogP contribution < -0.4 is 10.8 Å². The molecule has 0 saturated carbocycles. The van der Waals surface area contributed by atoms with Crippen molar-refractivity contribution in [1.29, 1.82) is 0 Å². The van der Waals surface area contributed by atoms with E-state index in [1.807, 2.05) is 44.2 Å². The molecule has 0 saturated heterocycles. The zero-order valence-corrected chi connectivity index (χ0v) is 8.99. The molecule has 82 valence electrons. The van der Waals surface area contributed by atoms with Crippen molar-refractivity contribution in [1.82, 2.24) is 10.8 Å². The Morgan fingerprint density at radius 3 is 2.67 bits per heavy atom. The average molecular weight is 208 g/mol. The fourth-order valence-corrected chi connectivity index (χ4v) is 1.13. The van der Waals surface area contributed by atoms with Crippen LogP contribution in [0.1, 0.15) is 25.5 Å². The largest absolute Gasteiger partial charge is 0.426 e. The van der Waals surface area contributed by atoms with Gasteiger partial charge in [-0.1, -0.05) is 30.3 Å². The zero-order chi connectivity index (χ0) is 11.1. The van der Waals surface area contributed by atoms with Crippen molar-refractivity contribution >= 4 is 6.09 Å². The molecule has 0 aliphatic rings. The second-order valence-corrected chi connectivity index (χ2v) is 3.17. The highest BCUT2D eigenvalue weighted by molar-refractivity contribution is 5.66. The van der Waals surface area contributed by atoms with E-state index in [2.05, 4.69) is 10.8 Å². The number of hydrogen-bond acceptors (Lipinski definition) is 3. The van der Waals surface area contributed by atoms with Crippen LogP contribution in [0.4, 0.5) is 4.79 Å². The first-order chi connectivity index (χ1) is 7.24. The van der Waals surface area contributed by atoms with Crippen molar-refractivity contribution in [2.24, 2.45) is 0 Å². The molecule has 2 N–H and O–H groups in total. The lowest BCUT2D eigenvalue weighted by atomic mass is 10.1. The lowest BCUT2D eigenvalue weighted by Gasteiger charge is -2.13. The molecule has 0 aliphatic heterocycles. The van der Waals surface area contributed by atoms with Crippen LogP contribution in [0.2, 0.25) is 0 Å². The number of hydrogen-bond donors (Lipinski definition) is 2. The highest BCUT2D eigenvalue weighted by Crippen LogP contribution is 2.10. The van der Waals surface area contributed by atoms with Crippen LogP contribution in [0.3, 0.4) is 0 Å². The molecule has 0 aromatic heterocycles. The van der Waals surface area contributed by atoms with Crippen LogP contribution in [0.5, 0.6) is 0 Å². The SMILES string of the molecule is CCNC(=O)ONC(C)c1ccccc1. The Kier molecular flexibility index (Phi) is 4.63.